The van der Waals surface area contributed by atoms with Crippen LogP contribution in [0, 0.1) is 13.8 Å². The molecule has 0 radical (unpaired) electrons. The number of pyridine rings is 1. The number of hydrogen-bond donors (Lipinski definition) is 1. The summed E-state index contributed by atoms with van der Waals surface area (Å²) in [7, 11) is 0. The molecular weight excluding hydrogens is 280 g/mol. The molecule has 4 nitrogen and oxygen atoms in total. The summed E-state index contributed by atoms with van der Waals surface area (Å²) in [5.41, 5.74) is 3.67. The Kier molecular flexibility index (Phi) is 4.60. The van der Waals surface area contributed by atoms with Crippen molar-refractivity contribution < 1.29 is 0 Å². The van der Waals surface area contributed by atoms with Crippen LogP contribution in [0.2, 0.25) is 0 Å². The van der Waals surface area contributed by atoms with Crippen molar-refractivity contribution in [3.63, 3.8) is 0 Å². The summed E-state index contributed by atoms with van der Waals surface area (Å²) in [6.07, 6.45) is 6.90. The first-order chi connectivity index (χ1) is 10.2. The van der Waals surface area contributed by atoms with Gasteiger partial charge in [0.2, 0.25) is 0 Å². The average Bonchev–Trinajstić information content (AvgIpc) is 2.91. The monoisotopic (exact) mass is 302 g/mol. The summed E-state index contributed by atoms with van der Waals surface area (Å²) >= 11 is 1.50. The van der Waals surface area contributed by atoms with E-state index in [0.717, 1.165) is 12.2 Å². The van der Waals surface area contributed by atoms with Crippen LogP contribution in [0.3, 0.4) is 0 Å². The molecule has 21 heavy (non-hydrogen) atoms. The minimum absolute atomic E-state index is 0.576. The maximum absolute atomic E-state index is 4.61. The van der Waals surface area contributed by atoms with E-state index >= 15 is 0 Å². The number of aryl methyl sites for hydroxylation is 2. The average molecular weight is 302 g/mol. The first-order valence-electron chi connectivity index (χ1n) is 7.66. The van der Waals surface area contributed by atoms with Gasteiger partial charge in [-0.1, -0.05) is 17.0 Å². The fourth-order valence-electron chi connectivity index (χ4n) is 3.20. The van der Waals surface area contributed by atoms with Crippen molar-refractivity contribution in [2.45, 2.75) is 58.0 Å². The van der Waals surface area contributed by atoms with Crippen LogP contribution in [-0.4, -0.2) is 20.6 Å². The van der Waals surface area contributed by atoms with E-state index < -0.39 is 0 Å². The molecular formula is C16H22N4S. The first kappa shape index (κ1) is 14.6. The van der Waals surface area contributed by atoms with Gasteiger partial charge in [-0.05, 0) is 56.3 Å². The summed E-state index contributed by atoms with van der Waals surface area (Å²) in [6.45, 7) is 5.09. The molecule has 112 valence electrons. The Morgan fingerprint density at radius 1 is 1.33 bits per heavy atom. The molecule has 2 atom stereocenters. The van der Waals surface area contributed by atoms with E-state index in [-0.39, 0.29) is 0 Å². The van der Waals surface area contributed by atoms with E-state index in [4.69, 9.17) is 0 Å². The van der Waals surface area contributed by atoms with E-state index in [1.165, 1.54) is 53.4 Å². The maximum Gasteiger partial charge on any atom is 0.0769 e. The highest BCUT2D eigenvalue weighted by Crippen LogP contribution is 2.33. The fraction of sp³-hybridized carbons (Fsp3) is 0.562. The van der Waals surface area contributed by atoms with Crippen molar-refractivity contribution >= 4 is 11.5 Å². The molecule has 1 fully saturated rings. The van der Waals surface area contributed by atoms with Crippen molar-refractivity contribution in [3.05, 3.63) is 40.2 Å². The third kappa shape index (κ3) is 3.47. The molecule has 2 aromatic heterocycles. The summed E-state index contributed by atoms with van der Waals surface area (Å²) < 4.78 is 4.00. The van der Waals surface area contributed by atoms with E-state index in [1.54, 1.807) is 0 Å². The molecule has 0 saturated heterocycles. The molecule has 0 amide bonds. The Morgan fingerprint density at radius 2 is 2.24 bits per heavy atom. The zero-order chi connectivity index (χ0) is 14.7. The topological polar surface area (TPSA) is 50.7 Å². The minimum atomic E-state index is 0.576. The van der Waals surface area contributed by atoms with Crippen molar-refractivity contribution in [1.82, 2.24) is 19.9 Å². The zero-order valence-corrected chi connectivity index (χ0v) is 13.5. The lowest BCUT2D eigenvalue weighted by molar-refractivity contribution is 0.334. The van der Waals surface area contributed by atoms with Gasteiger partial charge >= 0.3 is 0 Å². The van der Waals surface area contributed by atoms with Crippen LogP contribution in [0.1, 0.15) is 53.4 Å². The molecule has 0 aliphatic heterocycles. The van der Waals surface area contributed by atoms with E-state index in [9.17, 15) is 0 Å². The number of hydrogen-bond acceptors (Lipinski definition) is 5. The predicted octanol–water partition coefficient (Wildman–Crippen LogP) is 3.37. The zero-order valence-electron chi connectivity index (χ0n) is 12.7. The summed E-state index contributed by atoms with van der Waals surface area (Å²) in [6, 6.07) is 4.77. The highest BCUT2D eigenvalue weighted by atomic mass is 32.1. The van der Waals surface area contributed by atoms with Crippen molar-refractivity contribution in [1.29, 1.82) is 0 Å². The van der Waals surface area contributed by atoms with Crippen LogP contribution in [0.15, 0.2) is 18.3 Å². The summed E-state index contributed by atoms with van der Waals surface area (Å²) in [4.78, 5) is 5.87. The van der Waals surface area contributed by atoms with Gasteiger partial charge in [-0.2, -0.15) is 0 Å². The Balaban J connectivity index is 1.61. The number of aromatic nitrogens is 3. The normalized spacial score (nSPS) is 22.4. The van der Waals surface area contributed by atoms with Crippen LogP contribution in [-0.2, 0) is 6.54 Å². The smallest absolute Gasteiger partial charge is 0.0769 e. The van der Waals surface area contributed by atoms with E-state index in [1.807, 2.05) is 19.2 Å². The number of nitrogens with one attached hydrogen (secondary N) is 1. The molecule has 1 saturated carbocycles. The fourth-order valence-corrected chi connectivity index (χ4v) is 3.78. The van der Waals surface area contributed by atoms with Gasteiger partial charge in [-0.15, -0.1) is 5.10 Å². The Morgan fingerprint density at radius 3 is 3.00 bits per heavy atom. The summed E-state index contributed by atoms with van der Waals surface area (Å²) in [5.74, 6) is 0.595. The van der Waals surface area contributed by atoms with Crippen LogP contribution in [0.4, 0.5) is 0 Å². The Bertz CT molecular complexity index is 595. The van der Waals surface area contributed by atoms with Gasteiger partial charge in [0.05, 0.1) is 10.6 Å². The lowest BCUT2D eigenvalue weighted by Crippen LogP contribution is -2.33. The Labute approximate surface area is 130 Å². The lowest BCUT2D eigenvalue weighted by atomic mass is 9.82. The van der Waals surface area contributed by atoms with Gasteiger partial charge in [0.15, 0.2) is 0 Å². The lowest BCUT2D eigenvalue weighted by Gasteiger charge is -2.30. The molecule has 3 rings (SSSR count). The molecule has 0 spiro atoms. The van der Waals surface area contributed by atoms with Crippen molar-refractivity contribution in [2.75, 3.05) is 0 Å². The van der Waals surface area contributed by atoms with Crippen LogP contribution < -0.4 is 5.32 Å². The van der Waals surface area contributed by atoms with Gasteiger partial charge in [-0.25, -0.2) is 0 Å². The minimum Gasteiger partial charge on any atom is -0.309 e. The van der Waals surface area contributed by atoms with Gasteiger partial charge < -0.3 is 5.32 Å². The van der Waals surface area contributed by atoms with Crippen molar-refractivity contribution in [2.24, 2.45) is 0 Å². The molecule has 2 heterocycles. The molecule has 0 aromatic carbocycles. The third-order valence-corrected chi connectivity index (χ3v) is 5.23. The predicted molar refractivity (Wildman–Crippen MR) is 85.5 cm³/mol. The van der Waals surface area contributed by atoms with Crippen LogP contribution in [0.5, 0.6) is 0 Å². The largest absolute Gasteiger partial charge is 0.309 e. The number of nitrogens with zero attached hydrogens (tertiary/aromatic N) is 3. The highest BCUT2D eigenvalue weighted by Gasteiger charge is 2.25. The summed E-state index contributed by atoms with van der Waals surface area (Å²) in [5, 5.41) is 7.76. The second kappa shape index (κ2) is 6.62. The van der Waals surface area contributed by atoms with E-state index in [2.05, 4.69) is 32.9 Å². The van der Waals surface area contributed by atoms with Crippen molar-refractivity contribution in [3.8, 4) is 0 Å². The molecule has 1 aliphatic carbocycles. The maximum atomic E-state index is 4.61. The van der Waals surface area contributed by atoms with Crippen LogP contribution >= 0.6 is 11.5 Å². The highest BCUT2D eigenvalue weighted by molar-refractivity contribution is 7.05. The third-order valence-electron chi connectivity index (χ3n) is 4.41. The quantitative estimate of drug-likeness (QED) is 0.941. The molecule has 1 aliphatic rings. The molecule has 0 bridgehead atoms. The van der Waals surface area contributed by atoms with Gasteiger partial charge in [0.1, 0.15) is 0 Å². The second-order valence-electron chi connectivity index (χ2n) is 5.93. The molecule has 5 heteroatoms. The number of rotatable bonds is 4. The van der Waals surface area contributed by atoms with E-state index in [0.29, 0.717) is 12.0 Å². The standard InChI is InChI=1S/C16H22N4S/c1-11-5-4-8-17-16(11)13-6-3-7-14(9-13)18-10-15-12(2)19-20-21-15/h4-5,8,13-14,18H,3,6-7,9-10H2,1-2H3/t13-,14+/m0/s1. The van der Waals surface area contributed by atoms with Gasteiger partial charge in [0.25, 0.3) is 0 Å². The van der Waals surface area contributed by atoms with Crippen LogP contribution in [0.25, 0.3) is 0 Å². The van der Waals surface area contributed by atoms with Gasteiger partial charge in [0, 0.05) is 30.4 Å². The molecule has 2 aromatic rings. The SMILES string of the molecule is Cc1cccnc1[C@H]1CCC[C@@H](NCc2snnc2C)C1. The molecule has 0 unspecified atom stereocenters. The Hall–Kier alpha value is -1.33. The van der Waals surface area contributed by atoms with Gasteiger partial charge in [-0.3, -0.25) is 4.98 Å². The first-order valence-corrected chi connectivity index (χ1v) is 8.44. The molecule has 1 N–H and O–H groups in total. The second-order valence-corrected chi connectivity index (χ2v) is 6.77.